The Morgan fingerprint density at radius 3 is 2.59 bits per heavy atom. The SMILES string of the molecule is CN(C)C(c1cccc(F)c1)C1CCC(c2c(C(N)=O)ccc3nsnc23)CC1. The number of rotatable bonds is 5. The Balaban J connectivity index is 1.60. The van der Waals surface area contributed by atoms with Crippen molar-refractivity contribution in [3.63, 3.8) is 0 Å². The maximum absolute atomic E-state index is 13.8. The van der Waals surface area contributed by atoms with Crippen LogP contribution in [-0.4, -0.2) is 33.6 Å². The maximum Gasteiger partial charge on any atom is 0.249 e. The van der Waals surface area contributed by atoms with Crippen molar-refractivity contribution in [2.75, 3.05) is 14.1 Å². The molecule has 152 valence electrons. The second-order valence-electron chi connectivity index (χ2n) is 8.10. The van der Waals surface area contributed by atoms with Crippen LogP contribution in [0, 0.1) is 11.7 Å². The molecule has 0 saturated heterocycles. The minimum Gasteiger partial charge on any atom is -0.366 e. The summed E-state index contributed by atoms with van der Waals surface area (Å²) in [5, 5.41) is 0. The quantitative estimate of drug-likeness (QED) is 0.669. The third kappa shape index (κ3) is 3.89. The molecule has 1 saturated carbocycles. The van der Waals surface area contributed by atoms with Crippen molar-refractivity contribution in [2.24, 2.45) is 11.7 Å². The molecular weight excluding hydrogens is 387 g/mol. The molecule has 0 aliphatic heterocycles. The van der Waals surface area contributed by atoms with Gasteiger partial charge < -0.3 is 10.6 Å². The van der Waals surface area contributed by atoms with E-state index in [1.807, 2.05) is 12.1 Å². The molecule has 1 amide bonds. The van der Waals surface area contributed by atoms with Crippen molar-refractivity contribution in [1.82, 2.24) is 13.6 Å². The number of carbonyl (C=O) groups is 1. The summed E-state index contributed by atoms with van der Waals surface area (Å²) in [7, 11) is 4.10. The van der Waals surface area contributed by atoms with Gasteiger partial charge in [0.25, 0.3) is 0 Å². The Hall–Kier alpha value is -2.38. The van der Waals surface area contributed by atoms with E-state index in [4.69, 9.17) is 5.73 Å². The average molecular weight is 413 g/mol. The summed E-state index contributed by atoms with van der Waals surface area (Å²) in [5.74, 6) is 0.0457. The second kappa shape index (κ2) is 8.16. The first kappa shape index (κ1) is 19.9. The lowest BCUT2D eigenvalue weighted by Gasteiger charge is -2.38. The molecule has 1 atom stereocenters. The molecule has 4 rings (SSSR count). The molecule has 1 aromatic heterocycles. The standard InChI is InChI=1S/C22H25FN4OS/c1-27(2)21(15-4-3-5-16(23)12-15)14-8-6-13(7-9-14)19-17(22(24)28)10-11-18-20(19)26-29-25-18/h3-5,10-14,21H,6-9H2,1-2H3,(H2,24,28). The van der Waals surface area contributed by atoms with E-state index in [-0.39, 0.29) is 17.8 Å². The molecule has 2 aromatic carbocycles. The van der Waals surface area contributed by atoms with Crippen LogP contribution in [0.2, 0.25) is 0 Å². The van der Waals surface area contributed by atoms with Crippen LogP contribution in [0.4, 0.5) is 4.39 Å². The van der Waals surface area contributed by atoms with Gasteiger partial charge >= 0.3 is 0 Å². The van der Waals surface area contributed by atoms with Gasteiger partial charge in [-0.05, 0) is 87.0 Å². The number of carbonyl (C=O) groups excluding carboxylic acids is 1. The van der Waals surface area contributed by atoms with Gasteiger partial charge in [0.05, 0.1) is 11.7 Å². The lowest BCUT2D eigenvalue weighted by Crippen LogP contribution is -2.30. The number of hydrogen-bond donors (Lipinski definition) is 1. The van der Waals surface area contributed by atoms with Crippen LogP contribution in [0.3, 0.4) is 0 Å². The van der Waals surface area contributed by atoms with Crippen LogP contribution < -0.4 is 5.73 Å². The van der Waals surface area contributed by atoms with Crippen molar-refractivity contribution in [3.8, 4) is 0 Å². The normalized spacial score (nSPS) is 20.8. The average Bonchev–Trinajstić information content (AvgIpc) is 3.16. The van der Waals surface area contributed by atoms with Crippen molar-refractivity contribution >= 4 is 28.7 Å². The van der Waals surface area contributed by atoms with Crippen molar-refractivity contribution in [2.45, 2.75) is 37.6 Å². The highest BCUT2D eigenvalue weighted by Gasteiger charge is 2.33. The zero-order valence-electron chi connectivity index (χ0n) is 16.6. The summed E-state index contributed by atoms with van der Waals surface area (Å²) in [6, 6.07) is 10.7. The molecule has 0 bridgehead atoms. The molecule has 1 aliphatic rings. The fourth-order valence-electron chi connectivity index (χ4n) is 4.91. The highest BCUT2D eigenvalue weighted by Crippen LogP contribution is 2.44. The molecule has 29 heavy (non-hydrogen) atoms. The summed E-state index contributed by atoms with van der Waals surface area (Å²) >= 11 is 1.17. The van der Waals surface area contributed by atoms with E-state index in [1.54, 1.807) is 18.2 Å². The van der Waals surface area contributed by atoms with Gasteiger partial charge in [0.15, 0.2) is 0 Å². The number of nitrogens with zero attached hydrogens (tertiary/aromatic N) is 3. The number of amides is 1. The predicted octanol–water partition coefficient (Wildman–Crippen LogP) is 4.51. The molecule has 7 heteroatoms. The number of halogens is 1. The number of hydrogen-bond acceptors (Lipinski definition) is 5. The van der Waals surface area contributed by atoms with Gasteiger partial charge in [-0.1, -0.05) is 12.1 Å². The van der Waals surface area contributed by atoms with E-state index < -0.39 is 5.91 Å². The first-order valence-corrected chi connectivity index (χ1v) is 10.7. The van der Waals surface area contributed by atoms with Crippen molar-refractivity contribution in [3.05, 3.63) is 58.9 Å². The lowest BCUT2D eigenvalue weighted by molar-refractivity contribution is 0.0998. The molecule has 3 aromatic rings. The molecule has 1 unspecified atom stereocenters. The number of fused-ring (bicyclic) bond motifs is 1. The smallest absolute Gasteiger partial charge is 0.249 e. The summed E-state index contributed by atoms with van der Waals surface area (Å²) < 4.78 is 22.6. The Bertz CT molecular complexity index is 1030. The Kier molecular flexibility index (Phi) is 5.61. The third-order valence-corrected chi connectivity index (χ3v) is 6.65. The van der Waals surface area contributed by atoms with E-state index in [9.17, 15) is 9.18 Å². The summed E-state index contributed by atoms with van der Waals surface area (Å²) in [5.41, 5.74) is 9.82. The lowest BCUT2D eigenvalue weighted by atomic mass is 9.73. The van der Waals surface area contributed by atoms with Crippen molar-refractivity contribution < 1.29 is 9.18 Å². The van der Waals surface area contributed by atoms with E-state index in [0.29, 0.717) is 11.5 Å². The van der Waals surface area contributed by atoms with Crippen LogP contribution in [0.1, 0.15) is 59.1 Å². The fraction of sp³-hybridized carbons (Fsp3) is 0.409. The van der Waals surface area contributed by atoms with Gasteiger partial charge in [-0.25, -0.2) is 4.39 Å². The Morgan fingerprint density at radius 2 is 1.93 bits per heavy atom. The first-order valence-electron chi connectivity index (χ1n) is 9.92. The minimum atomic E-state index is -0.414. The first-order chi connectivity index (χ1) is 14.0. The monoisotopic (exact) mass is 412 g/mol. The number of nitrogens with two attached hydrogens (primary N) is 1. The summed E-state index contributed by atoms with van der Waals surface area (Å²) in [4.78, 5) is 14.2. The number of primary amides is 1. The highest BCUT2D eigenvalue weighted by atomic mass is 32.1. The summed E-state index contributed by atoms with van der Waals surface area (Å²) in [6.07, 6.45) is 3.88. The van der Waals surface area contributed by atoms with Crippen molar-refractivity contribution in [1.29, 1.82) is 0 Å². The molecule has 1 fully saturated rings. The summed E-state index contributed by atoms with van der Waals surface area (Å²) in [6.45, 7) is 0. The topological polar surface area (TPSA) is 72.1 Å². The van der Waals surface area contributed by atoms with Crippen LogP contribution in [-0.2, 0) is 0 Å². The van der Waals surface area contributed by atoms with Crippen LogP contribution in [0.5, 0.6) is 0 Å². The molecule has 1 heterocycles. The Morgan fingerprint density at radius 1 is 1.17 bits per heavy atom. The maximum atomic E-state index is 13.8. The molecular formula is C22H25FN4OS. The van der Waals surface area contributed by atoms with Gasteiger partial charge in [0.2, 0.25) is 5.91 Å². The van der Waals surface area contributed by atoms with E-state index in [0.717, 1.165) is 47.8 Å². The van der Waals surface area contributed by atoms with Gasteiger partial charge in [0, 0.05) is 11.6 Å². The minimum absolute atomic E-state index is 0.166. The number of aromatic nitrogens is 2. The molecule has 0 radical (unpaired) electrons. The van der Waals surface area contributed by atoms with Gasteiger partial charge in [-0.15, -0.1) is 0 Å². The molecule has 5 nitrogen and oxygen atoms in total. The van der Waals surface area contributed by atoms with Crippen LogP contribution in [0.15, 0.2) is 36.4 Å². The van der Waals surface area contributed by atoms with Crippen LogP contribution >= 0.6 is 11.7 Å². The van der Waals surface area contributed by atoms with Gasteiger partial charge in [-0.3, -0.25) is 4.79 Å². The fourth-order valence-corrected chi connectivity index (χ4v) is 5.46. The second-order valence-corrected chi connectivity index (χ2v) is 8.63. The molecule has 1 aliphatic carbocycles. The van der Waals surface area contributed by atoms with E-state index >= 15 is 0 Å². The zero-order chi connectivity index (χ0) is 20.5. The van der Waals surface area contributed by atoms with Crippen LogP contribution in [0.25, 0.3) is 11.0 Å². The number of benzene rings is 2. The third-order valence-electron chi connectivity index (χ3n) is 6.11. The van der Waals surface area contributed by atoms with Gasteiger partial charge in [0.1, 0.15) is 16.9 Å². The zero-order valence-corrected chi connectivity index (χ0v) is 17.5. The van der Waals surface area contributed by atoms with E-state index in [1.165, 1.54) is 17.8 Å². The van der Waals surface area contributed by atoms with E-state index in [2.05, 4.69) is 27.7 Å². The molecule has 2 N–H and O–H groups in total. The molecule has 0 spiro atoms. The predicted molar refractivity (Wildman–Crippen MR) is 113 cm³/mol. The largest absolute Gasteiger partial charge is 0.366 e. The highest BCUT2D eigenvalue weighted by molar-refractivity contribution is 7.00. The Labute approximate surface area is 174 Å². The van der Waals surface area contributed by atoms with Gasteiger partial charge in [-0.2, -0.15) is 8.75 Å².